The van der Waals surface area contributed by atoms with Crippen molar-refractivity contribution < 1.29 is 4.79 Å². The van der Waals surface area contributed by atoms with E-state index in [-0.39, 0.29) is 11.5 Å². The first-order chi connectivity index (χ1) is 9.70. The predicted molar refractivity (Wildman–Crippen MR) is 77.3 cm³/mol. The normalized spacial score (nSPS) is 10.9. The summed E-state index contributed by atoms with van der Waals surface area (Å²) in [5.41, 5.74) is 1.91. The highest BCUT2D eigenvalue weighted by molar-refractivity contribution is 6.01. The van der Waals surface area contributed by atoms with Crippen molar-refractivity contribution >= 4 is 12.0 Å². The van der Waals surface area contributed by atoms with E-state index >= 15 is 0 Å². The molecule has 1 amide bonds. The van der Waals surface area contributed by atoms with Gasteiger partial charge in [0.25, 0.3) is 5.91 Å². The highest BCUT2D eigenvalue weighted by Crippen LogP contribution is 2.07. The number of carbonyl (C=O) groups is 1. The molecule has 1 heterocycles. The van der Waals surface area contributed by atoms with E-state index in [9.17, 15) is 4.79 Å². The van der Waals surface area contributed by atoms with Gasteiger partial charge >= 0.3 is 0 Å². The second-order valence-corrected chi connectivity index (χ2v) is 4.38. The molecule has 1 aromatic heterocycles. The minimum Gasteiger partial charge on any atom is -0.351 e. The molecule has 0 aliphatic carbocycles. The highest BCUT2D eigenvalue weighted by Gasteiger charge is 2.09. The molecule has 0 atom stereocenters. The van der Waals surface area contributed by atoms with Crippen molar-refractivity contribution in [1.29, 1.82) is 5.26 Å². The summed E-state index contributed by atoms with van der Waals surface area (Å²) in [5.74, 6) is -0.363. The highest BCUT2D eigenvalue weighted by atomic mass is 16.1. The van der Waals surface area contributed by atoms with Crippen LogP contribution in [0.1, 0.15) is 11.3 Å². The molecule has 1 aromatic carbocycles. The summed E-state index contributed by atoms with van der Waals surface area (Å²) in [4.78, 5) is 12.0. The quantitative estimate of drug-likeness (QED) is 0.681. The van der Waals surface area contributed by atoms with E-state index in [2.05, 4.69) is 5.32 Å². The number of aryl methyl sites for hydroxylation is 1. The number of hydrogen-bond donors (Lipinski definition) is 1. The minimum absolute atomic E-state index is 0.0998. The summed E-state index contributed by atoms with van der Waals surface area (Å²) in [7, 11) is 1.86. The van der Waals surface area contributed by atoms with Crippen molar-refractivity contribution in [1.82, 2.24) is 9.88 Å². The van der Waals surface area contributed by atoms with Crippen LogP contribution in [0.4, 0.5) is 0 Å². The predicted octanol–water partition coefficient (Wildman–Crippen LogP) is 2.25. The Morgan fingerprint density at radius 3 is 2.65 bits per heavy atom. The lowest BCUT2D eigenvalue weighted by Gasteiger charge is -2.04. The third-order valence-corrected chi connectivity index (χ3v) is 2.94. The van der Waals surface area contributed by atoms with Gasteiger partial charge in [0.15, 0.2) is 0 Å². The number of aromatic nitrogens is 1. The topological polar surface area (TPSA) is 57.8 Å². The molecule has 0 unspecified atom stereocenters. The number of hydrogen-bond acceptors (Lipinski definition) is 2. The Labute approximate surface area is 118 Å². The SMILES string of the molecule is Cn1cccc1/C=C(\C#N)C(=O)NCc1ccccc1. The summed E-state index contributed by atoms with van der Waals surface area (Å²) in [6, 6.07) is 15.2. The fraction of sp³-hybridized carbons (Fsp3) is 0.125. The number of nitrogens with zero attached hydrogens (tertiary/aromatic N) is 2. The van der Waals surface area contributed by atoms with Crippen LogP contribution in [0.2, 0.25) is 0 Å². The Kier molecular flexibility index (Phi) is 4.35. The Morgan fingerprint density at radius 2 is 2.05 bits per heavy atom. The van der Waals surface area contributed by atoms with E-state index < -0.39 is 0 Å². The van der Waals surface area contributed by atoms with Gasteiger partial charge in [-0.3, -0.25) is 4.79 Å². The maximum atomic E-state index is 12.0. The zero-order valence-corrected chi connectivity index (χ0v) is 11.2. The number of carbonyl (C=O) groups excluding carboxylic acids is 1. The van der Waals surface area contributed by atoms with Crippen LogP contribution in [-0.2, 0) is 18.4 Å². The van der Waals surface area contributed by atoms with Gasteiger partial charge in [0.05, 0.1) is 0 Å². The number of nitrogens with one attached hydrogen (secondary N) is 1. The zero-order valence-electron chi connectivity index (χ0n) is 11.2. The van der Waals surface area contributed by atoms with Crippen LogP contribution in [0.5, 0.6) is 0 Å². The number of rotatable bonds is 4. The van der Waals surface area contributed by atoms with E-state index in [0.717, 1.165) is 11.3 Å². The fourth-order valence-corrected chi connectivity index (χ4v) is 1.79. The van der Waals surface area contributed by atoms with Crippen LogP contribution < -0.4 is 5.32 Å². The number of nitriles is 1. The van der Waals surface area contributed by atoms with E-state index in [0.29, 0.717) is 6.54 Å². The number of benzene rings is 1. The van der Waals surface area contributed by atoms with Gasteiger partial charge in [0.2, 0.25) is 0 Å². The maximum Gasteiger partial charge on any atom is 0.262 e. The second kappa shape index (κ2) is 6.39. The summed E-state index contributed by atoms with van der Waals surface area (Å²) in [6.07, 6.45) is 3.45. The molecule has 2 rings (SSSR count). The first kappa shape index (κ1) is 13.6. The molecule has 0 bridgehead atoms. The average Bonchev–Trinajstić information content (AvgIpc) is 2.88. The monoisotopic (exact) mass is 265 g/mol. The van der Waals surface area contributed by atoms with Crippen LogP contribution in [0.15, 0.2) is 54.2 Å². The standard InChI is InChI=1S/C16H15N3O/c1-19-9-5-8-15(19)10-14(11-17)16(20)18-12-13-6-3-2-4-7-13/h2-10H,12H2,1H3,(H,18,20)/b14-10+. The van der Waals surface area contributed by atoms with Gasteiger partial charge in [-0.05, 0) is 23.8 Å². The molecule has 0 saturated carbocycles. The van der Waals surface area contributed by atoms with Crippen molar-refractivity contribution in [3.63, 3.8) is 0 Å². The molecule has 0 aliphatic heterocycles. The lowest BCUT2D eigenvalue weighted by Crippen LogP contribution is -2.24. The Balaban J connectivity index is 2.05. The third kappa shape index (κ3) is 3.36. The van der Waals surface area contributed by atoms with E-state index in [1.165, 1.54) is 0 Å². The van der Waals surface area contributed by atoms with Gasteiger partial charge < -0.3 is 9.88 Å². The summed E-state index contributed by atoms with van der Waals surface area (Å²) < 4.78 is 1.85. The minimum atomic E-state index is -0.363. The molecule has 0 radical (unpaired) electrons. The molecule has 1 N–H and O–H groups in total. The summed E-state index contributed by atoms with van der Waals surface area (Å²) in [6.45, 7) is 0.409. The van der Waals surface area contributed by atoms with E-state index in [1.807, 2.05) is 66.3 Å². The third-order valence-electron chi connectivity index (χ3n) is 2.94. The molecule has 0 fully saturated rings. The molecular weight excluding hydrogens is 250 g/mol. The Hall–Kier alpha value is -2.80. The average molecular weight is 265 g/mol. The van der Waals surface area contributed by atoms with Crippen molar-refractivity contribution in [3.8, 4) is 6.07 Å². The summed E-state index contributed by atoms with van der Waals surface area (Å²) >= 11 is 0. The first-order valence-electron chi connectivity index (χ1n) is 6.26. The molecule has 100 valence electrons. The molecule has 4 nitrogen and oxygen atoms in total. The van der Waals surface area contributed by atoms with Crippen molar-refractivity contribution in [2.75, 3.05) is 0 Å². The van der Waals surface area contributed by atoms with Crippen LogP contribution in [0.25, 0.3) is 6.08 Å². The van der Waals surface area contributed by atoms with Gasteiger partial charge in [0, 0.05) is 25.5 Å². The second-order valence-electron chi connectivity index (χ2n) is 4.38. The number of amides is 1. The lowest BCUT2D eigenvalue weighted by molar-refractivity contribution is -0.117. The maximum absolute atomic E-state index is 12.0. The van der Waals surface area contributed by atoms with Gasteiger partial charge in [0.1, 0.15) is 11.6 Å². The summed E-state index contributed by atoms with van der Waals surface area (Å²) in [5, 5.41) is 11.8. The van der Waals surface area contributed by atoms with Gasteiger partial charge in [-0.25, -0.2) is 0 Å². The van der Waals surface area contributed by atoms with Gasteiger partial charge in [-0.15, -0.1) is 0 Å². The van der Waals surface area contributed by atoms with Crippen molar-refractivity contribution in [3.05, 3.63) is 65.5 Å². The van der Waals surface area contributed by atoms with Crippen LogP contribution in [0, 0.1) is 11.3 Å². The molecule has 0 spiro atoms. The van der Waals surface area contributed by atoms with E-state index in [1.54, 1.807) is 6.08 Å². The first-order valence-corrected chi connectivity index (χ1v) is 6.26. The van der Waals surface area contributed by atoms with Crippen LogP contribution in [0.3, 0.4) is 0 Å². The smallest absolute Gasteiger partial charge is 0.262 e. The lowest BCUT2D eigenvalue weighted by atomic mass is 10.2. The zero-order chi connectivity index (χ0) is 14.4. The van der Waals surface area contributed by atoms with E-state index in [4.69, 9.17) is 5.26 Å². The Bertz CT molecular complexity index is 663. The van der Waals surface area contributed by atoms with Crippen LogP contribution in [-0.4, -0.2) is 10.5 Å². The molecule has 4 heteroatoms. The fourth-order valence-electron chi connectivity index (χ4n) is 1.79. The van der Waals surface area contributed by atoms with Crippen molar-refractivity contribution in [2.45, 2.75) is 6.54 Å². The van der Waals surface area contributed by atoms with Gasteiger partial charge in [-0.2, -0.15) is 5.26 Å². The molecule has 0 saturated heterocycles. The molecule has 20 heavy (non-hydrogen) atoms. The molecular formula is C16H15N3O. The molecule has 0 aliphatic rings. The Morgan fingerprint density at radius 1 is 1.30 bits per heavy atom. The van der Waals surface area contributed by atoms with Gasteiger partial charge in [-0.1, -0.05) is 30.3 Å². The van der Waals surface area contributed by atoms with Crippen LogP contribution >= 0.6 is 0 Å². The molecule has 2 aromatic rings. The largest absolute Gasteiger partial charge is 0.351 e. The van der Waals surface area contributed by atoms with Crippen molar-refractivity contribution in [2.24, 2.45) is 7.05 Å².